The summed E-state index contributed by atoms with van der Waals surface area (Å²) in [5.74, 6) is 0.926. The molecule has 4 nitrogen and oxygen atoms in total. The molecular formula is C19H21N3O. The summed E-state index contributed by atoms with van der Waals surface area (Å²) in [4.78, 5) is 2.36. The normalized spacial score (nSPS) is 17.0. The van der Waals surface area contributed by atoms with Crippen LogP contribution in [0, 0.1) is 11.3 Å². The zero-order chi connectivity index (χ0) is 16.1. The molecule has 0 amide bonds. The van der Waals surface area contributed by atoms with E-state index in [0.717, 1.165) is 43.1 Å². The third kappa shape index (κ3) is 3.64. The second-order valence-electron chi connectivity index (χ2n) is 5.80. The number of anilines is 1. The Hall–Kier alpha value is -2.51. The Kier molecular flexibility index (Phi) is 4.80. The Morgan fingerprint density at radius 1 is 1.26 bits per heavy atom. The van der Waals surface area contributed by atoms with Gasteiger partial charge in [-0.3, -0.25) is 0 Å². The van der Waals surface area contributed by atoms with Crippen molar-refractivity contribution in [1.29, 1.82) is 5.26 Å². The summed E-state index contributed by atoms with van der Waals surface area (Å²) in [6, 6.07) is 18.6. The van der Waals surface area contributed by atoms with Crippen LogP contribution in [0.5, 0.6) is 5.75 Å². The maximum Gasteiger partial charge on any atom is 0.142 e. The molecule has 1 N–H and O–H groups in total. The Labute approximate surface area is 137 Å². The van der Waals surface area contributed by atoms with Gasteiger partial charge in [-0.15, -0.1) is 0 Å². The maximum atomic E-state index is 8.96. The van der Waals surface area contributed by atoms with Gasteiger partial charge in [0, 0.05) is 25.7 Å². The highest BCUT2D eigenvalue weighted by molar-refractivity contribution is 5.59. The van der Waals surface area contributed by atoms with Crippen molar-refractivity contribution in [2.45, 2.75) is 19.0 Å². The van der Waals surface area contributed by atoms with Crippen molar-refractivity contribution in [3.05, 3.63) is 59.7 Å². The van der Waals surface area contributed by atoms with Crippen molar-refractivity contribution < 1.29 is 4.74 Å². The minimum atomic E-state index is 0.450. The lowest BCUT2D eigenvalue weighted by molar-refractivity contribution is 0.414. The van der Waals surface area contributed by atoms with E-state index in [1.807, 2.05) is 36.4 Å². The molecule has 4 heteroatoms. The zero-order valence-corrected chi connectivity index (χ0v) is 13.3. The highest BCUT2D eigenvalue weighted by Crippen LogP contribution is 2.30. The van der Waals surface area contributed by atoms with Crippen LogP contribution in [0.4, 0.5) is 5.69 Å². The summed E-state index contributed by atoms with van der Waals surface area (Å²) < 4.78 is 5.46. The third-order valence-corrected chi connectivity index (χ3v) is 4.27. The second-order valence-corrected chi connectivity index (χ2v) is 5.80. The fourth-order valence-electron chi connectivity index (χ4n) is 3.05. The van der Waals surface area contributed by atoms with E-state index in [1.165, 1.54) is 0 Å². The van der Waals surface area contributed by atoms with Crippen molar-refractivity contribution in [3.8, 4) is 11.8 Å². The molecule has 0 saturated carbocycles. The highest BCUT2D eigenvalue weighted by Gasteiger charge is 2.24. The van der Waals surface area contributed by atoms with Gasteiger partial charge in [0.15, 0.2) is 0 Å². The minimum absolute atomic E-state index is 0.450. The van der Waals surface area contributed by atoms with E-state index in [0.29, 0.717) is 11.6 Å². The largest absolute Gasteiger partial charge is 0.495 e. The van der Waals surface area contributed by atoms with E-state index in [-0.39, 0.29) is 0 Å². The average molecular weight is 307 g/mol. The molecule has 1 saturated heterocycles. The van der Waals surface area contributed by atoms with Gasteiger partial charge >= 0.3 is 0 Å². The first-order valence-electron chi connectivity index (χ1n) is 7.90. The SMILES string of the molecule is COc1ccccc1N1CCC(NCc2cccc(C#N)c2)C1. The molecule has 0 bridgehead atoms. The molecule has 3 rings (SSSR count). The van der Waals surface area contributed by atoms with Crippen LogP contribution >= 0.6 is 0 Å². The molecule has 1 aliphatic rings. The van der Waals surface area contributed by atoms with Crippen LogP contribution in [0.25, 0.3) is 0 Å². The van der Waals surface area contributed by atoms with E-state index in [9.17, 15) is 0 Å². The first-order chi connectivity index (χ1) is 11.3. The third-order valence-electron chi connectivity index (χ3n) is 4.27. The van der Waals surface area contributed by atoms with Crippen LogP contribution in [-0.2, 0) is 6.54 Å². The van der Waals surface area contributed by atoms with Crippen LogP contribution < -0.4 is 15.0 Å². The number of benzene rings is 2. The van der Waals surface area contributed by atoms with Gasteiger partial charge in [-0.25, -0.2) is 0 Å². The summed E-state index contributed by atoms with van der Waals surface area (Å²) in [6.45, 7) is 2.79. The number of hydrogen-bond donors (Lipinski definition) is 1. The average Bonchev–Trinajstić information content (AvgIpc) is 3.09. The van der Waals surface area contributed by atoms with Crippen molar-refractivity contribution in [2.24, 2.45) is 0 Å². The molecule has 1 aliphatic heterocycles. The van der Waals surface area contributed by atoms with Crippen molar-refractivity contribution >= 4 is 5.69 Å². The number of nitrogens with zero attached hydrogens (tertiary/aromatic N) is 2. The molecule has 0 aromatic heterocycles. The van der Waals surface area contributed by atoms with Gasteiger partial charge in [-0.2, -0.15) is 5.26 Å². The first-order valence-corrected chi connectivity index (χ1v) is 7.90. The molecule has 1 unspecified atom stereocenters. The Morgan fingerprint density at radius 2 is 2.13 bits per heavy atom. The number of para-hydroxylation sites is 2. The number of hydrogen-bond acceptors (Lipinski definition) is 4. The van der Waals surface area contributed by atoms with Crippen LogP contribution in [0.3, 0.4) is 0 Å². The summed E-state index contributed by atoms with van der Waals surface area (Å²) >= 11 is 0. The van der Waals surface area contributed by atoms with Gasteiger partial charge in [0.25, 0.3) is 0 Å². The van der Waals surface area contributed by atoms with Gasteiger partial charge in [-0.1, -0.05) is 24.3 Å². The number of nitriles is 1. The molecule has 0 aliphatic carbocycles. The number of ether oxygens (including phenoxy) is 1. The smallest absolute Gasteiger partial charge is 0.142 e. The van der Waals surface area contributed by atoms with E-state index in [2.05, 4.69) is 28.4 Å². The predicted molar refractivity (Wildman–Crippen MR) is 91.6 cm³/mol. The molecular weight excluding hydrogens is 286 g/mol. The van der Waals surface area contributed by atoms with E-state index >= 15 is 0 Å². The lowest BCUT2D eigenvalue weighted by Gasteiger charge is -2.21. The standard InChI is InChI=1S/C19H21N3O/c1-23-19-8-3-2-7-18(19)22-10-9-17(14-22)21-13-16-6-4-5-15(11-16)12-20/h2-8,11,17,21H,9-10,13-14H2,1H3. The summed E-state index contributed by atoms with van der Waals surface area (Å²) in [7, 11) is 1.72. The van der Waals surface area contributed by atoms with Crippen molar-refractivity contribution in [3.63, 3.8) is 0 Å². The topological polar surface area (TPSA) is 48.3 Å². The van der Waals surface area contributed by atoms with Crippen molar-refractivity contribution in [2.75, 3.05) is 25.1 Å². The van der Waals surface area contributed by atoms with E-state index in [1.54, 1.807) is 7.11 Å². The van der Waals surface area contributed by atoms with Gasteiger partial charge in [0.1, 0.15) is 5.75 Å². The molecule has 2 aromatic carbocycles. The molecule has 0 radical (unpaired) electrons. The van der Waals surface area contributed by atoms with Crippen LogP contribution in [0.1, 0.15) is 17.5 Å². The Morgan fingerprint density at radius 3 is 2.96 bits per heavy atom. The van der Waals surface area contributed by atoms with Gasteiger partial charge in [0.05, 0.1) is 24.4 Å². The lowest BCUT2D eigenvalue weighted by atomic mass is 10.1. The van der Waals surface area contributed by atoms with Crippen LogP contribution in [-0.4, -0.2) is 26.2 Å². The molecule has 118 valence electrons. The Balaban J connectivity index is 1.59. The fraction of sp³-hybridized carbons (Fsp3) is 0.316. The van der Waals surface area contributed by atoms with E-state index in [4.69, 9.17) is 10.00 Å². The zero-order valence-electron chi connectivity index (χ0n) is 13.3. The number of rotatable bonds is 5. The Bertz CT molecular complexity index is 708. The van der Waals surface area contributed by atoms with Gasteiger partial charge < -0.3 is 15.0 Å². The maximum absolute atomic E-state index is 8.96. The molecule has 1 fully saturated rings. The predicted octanol–water partition coefficient (Wildman–Crippen LogP) is 2.94. The molecule has 2 aromatic rings. The van der Waals surface area contributed by atoms with Gasteiger partial charge in [-0.05, 0) is 36.2 Å². The number of methoxy groups -OCH3 is 1. The molecule has 1 atom stereocenters. The van der Waals surface area contributed by atoms with Gasteiger partial charge in [0.2, 0.25) is 0 Å². The van der Waals surface area contributed by atoms with E-state index < -0.39 is 0 Å². The lowest BCUT2D eigenvalue weighted by Crippen LogP contribution is -2.32. The first kappa shape index (κ1) is 15.4. The quantitative estimate of drug-likeness (QED) is 0.922. The summed E-state index contributed by atoms with van der Waals surface area (Å²) in [5, 5.41) is 12.6. The number of nitrogens with one attached hydrogen (secondary N) is 1. The monoisotopic (exact) mass is 307 g/mol. The molecule has 23 heavy (non-hydrogen) atoms. The van der Waals surface area contributed by atoms with Crippen LogP contribution in [0.2, 0.25) is 0 Å². The summed E-state index contributed by atoms with van der Waals surface area (Å²) in [6.07, 6.45) is 1.11. The second kappa shape index (κ2) is 7.17. The minimum Gasteiger partial charge on any atom is -0.495 e. The fourth-order valence-corrected chi connectivity index (χ4v) is 3.05. The molecule has 0 spiro atoms. The summed E-state index contributed by atoms with van der Waals surface area (Å²) in [5.41, 5.74) is 3.02. The highest BCUT2D eigenvalue weighted by atomic mass is 16.5. The van der Waals surface area contributed by atoms with Crippen LogP contribution in [0.15, 0.2) is 48.5 Å². The molecule has 1 heterocycles. The van der Waals surface area contributed by atoms with Crippen molar-refractivity contribution in [1.82, 2.24) is 5.32 Å².